The second-order valence-corrected chi connectivity index (χ2v) is 4.50. The number of ether oxygens (including phenoxy) is 1. The highest BCUT2D eigenvalue weighted by Gasteiger charge is 2.33. The average Bonchev–Trinajstić information content (AvgIpc) is 2.64. The molecule has 0 fully saturated rings. The Morgan fingerprint density at radius 1 is 1.65 bits per heavy atom. The topological polar surface area (TPSA) is 55.8 Å². The molecule has 1 N–H and O–H groups in total. The molecule has 0 unspecified atom stereocenters. The van der Waals surface area contributed by atoms with E-state index in [1.807, 2.05) is 0 Å². The van der Waals surface area contributed by atoms with Gasteiger partial charge in [-0.1, -0.05) is 23.2 Å². The third-order valence-corrected chi connectivity index (χ3v) is 3.11. The first-order chi connectivity index (χ1) is 8.00. The van der Waals surface area contributed by atoms with Crippen LogP contribution in [0.4, 0.5) is 0 Å². The number of halogens is 2. The highest BCUT2D eigenvalue weighted by molar-refractivity contribution is 6.66. The molecule has 1 aliphatic heterocycles. The summed E-state index contributed by atoms with van der Waals surface area (Å²) < 4.78 is 10.2. The number of hydrogen-bond donors (Lipinski definition) is 1. The zero-order chi connectivity index (χ0) is 12.6. The predicted octanol–water partition coefficient (Wildman–Crippen LogP) is 1.18. The number of carbonyl (C=O) groups excluding carboxylic acids is 1. The van der Waals surface area contributed by atoms with Crippen LogP contribution in [0.2, 0.25) is 10.0 Å². The van der Waals surface area contributed by atoms with Gasteiger partial charge in [0, 0.05) is 16.6 Å². The minimum Gasteiger partial charge on any atom is -0.484 e. The van der Waals surface area contributed by atoms with Gasteiger partial charge in [-0.2, -0.15) is 0 Å². The monoisotopic (exact) mass is 274 g/mol. The van der Waals surface area contributed by atoms with Gasteiger partial charge in [0.15, 0.2) is 5.78 Å². The van der Waals surface area contributed by atoms with E-state index in [9.17, 15) is 9.82 Å². The van der Waals surface area contributed by atoms with Crippen molar-refractivity contribution >= 4 is 41.6 Å². The van der Waals surface area contributed by atoms with Crippen molar-refractivity contribution in [3.05, 3.63) is 21.7 Å². The molecule has 0 atom stereocenters. The number of fused-ring (bicyclic) bond motifs is 1. The van der Waals surface area contributed by atoms with Gasteiger partial charge in [0.2, 0.25) is 0 Å². The summed E-state index contributed by atoms with van der Waals surface area (Å²) in [4.78, 5) is 10.8. The highest BCUT2D eigenvalue weighted by atomic mass is 35.5. The van der Waals surface area contributed by atoms with Crippen molar-refractivity contribution < 1.29 is 19.2 Å². The second-order valence-electron chi connectivity index (χ2n) is 3.72. The van der Waals surface area contributed by atoms with E-state index in [0.717, 1.165) is 0 Å². The molecule has 0 amide bonds. The van der Waals surface area contributed by atoms with E-state index < -0.39 is 7.12 Å². The van der Waals surface area contributed by atoms with Crippen molar-refractivity contribution in [3.63, 3.8) is 0 Å². The molecule has 0 saturated carbocycles. The zero-order valence-corrected chi connectivity index (χ0v) is 10.5. The second kappa shape index (κ2) is 4.86. The Hall–Kier alpha value is -0.745. The van der Waals surface area contributed by atoms with Crippen molar-refractivity contribution in [1.82, 2.24) is 0 Å². The number of Topliss-reactive ketones (excluding diaryl/α,β-unsaturated/α-hetero) is 1. The van der Waals surface area contributed by atoms with Gasteiger partial charge in [0.25, 0.3) is 0 Å². The molecule has 0 bridgehead atoms. The van der Waals surface area contributed by atoms with Crippen molar-refractivity contribution in [1.29, 1.82) is 0 Å². The first kappa shape index (κ1) is 12.7. The normalized spacial score (nSPS) is 13.8. The fraction of sp³-hybridized carbons (Fsp3) is 0.300. The molecule has 90 valence electrons. The van der Waals surface area contributed by atoms with Crippen LogP contribution in [0.25, 0.3) is 0 Å². The molecule has 0 saturated heterocycles. The molecule has 7 heteroatoms. The Balaban J connectivity index is 2.39. The van der Waals surface area contributed by atoms with E-state index in [0.29, 0.717) is 16.0 Å². The summed E-state index contributed by atoms with van der Waals surface area (Å²) in [6.45, 7) is 1.52. The van der Waals surface area contributed by atoms with Gasteiger partial charge >= 0.3 is 7.12 Å². The Labute approximate surface area is 109 Å². The molecule has 2 rings (SSSR count). The van der Waals surface area contributed by atoms with Crippen molar-refractivity contribution in [2.75, 3.05) is 6.61 Å². The maximum atomic E-state index is 10.8. The predicted molar refractivity (Wildman–Crippen MR) is 65.0 cm³/mol. The first-order valence-corrected chi connectivity index (χ1v) is 5.69. The van der Waals surface area contributed by atoms with Crippen molar-refractivity contribution in [2.24, 2.45) is 0 Å². The third kappa shape index (κ3) is 2.42. The van der Waals surface area contributed by atoms with E-state index in [2.05, 4.69) is 0 Å². The third-order valence-electron chi connectivity index (χ3n) is 2.39. The van der Waals surface area contributed by atoms with Crippen LogP contribution < -0.4 is 10.2 Å². The van der Waals surface area contributed by atoms with Gasteiger partial charge in [-0.05, 0) is 12.5 Å². The standard InChI is InChI=1S/C10H9BCl2O4/c1-5(14)3-16-8-2-7(12)6-4-17-11(15)9(6)10(8)13/h2,15H,3-4H2,1H3. The summed E-state index contributed by atoms with van der Waals surface area (Å²) in [6.07, 6.45) is 0. The van der Waals surface area contributed by atoms with Crippen LogP contribution in [-0.4, -0.2) is 24.5 Å². The van der Waals surface area contributed by atoms with Crippen LogP contribution in [0.15, 0.2) is 6.07 Å². The van der Waals surface area contributed by atoms with Crippen LogP contribution >= 0.6 is 23.2 Å². The summed E-state index contributed by atoms with van der Waals surface area (Å²) in [5, 5.41) is 10.2. The lowest BCUT2D eigenvalue weighted by atomic mass is 9.79. The number of rotatable bonds is 3. The molecular formula is C10H9BCl2O4. The van der Waals surface area contributed by atoms with Gasteiger partial charge < -0.3 is 14.4 Å². The van der Waals surface area contributed by atoms with Crippen LogP contribution in [0.5, 0.6) is 5.75 Å². The molecule has 17 heavy (non-hydrogen) atoms. The van der Waals surface area contributed by atoms with Gasteiger partial charge in [0.05, 0.1) is 11.6 Å². The summed E-state index contributed by atoms with van der Waals surface area (Å²) >= 11 is 12.1. The largest absolute Gasteiger partial charge is 0.493 e. The fourth-order valence-electron chi connectivity index (χ4n) is 1.59. The Morgan fingerprint density at radius 3 is 3.00 bits per heavy atom. The smallest absolute Gasteiger partial charge is 0.484 e. The first-order valence-electron chi connectivity index (χ1n) is 4.93. The van der Waals surface area contributed by atoms with E-state index in [-0.39, 0.29) is 29.8 Å². The quantitative estimate of drug-likeness (QED) is 0.841. The van der Waals surface area contributed by atoms with Crippen LogP contribution in [0.3, 0.4) is 0 Å². The molecule has 0 aliphatic carbocycles. The summed E-state index contributed by atoms with van der Waals surface area (Å²) in [6, 6.07) is 1.52. The Morgan fingerprint density at radius 2 is 2.35 bits per heavy atom. The number of benzene rings is 1. The molecule has 4 nitrogen and oxygen atoms in total. The van der Waals surface area contributed by atoms with Crippen LogP contribution in [0, 0.1) is 0 Å². The lowest BCUT2D eigenvalue weighted by Gasteiger charge is -2.11. The number of carbonyl (C=O) groups is 1. The highest BCUT2D eigenvalue weighted by Crippen LogP contribution is 2.32. The molecule has 1 heterocycles. The molecule has 0 radical (unpaired) electrons. The van der Waals surface area contributed by atoms with Gasteiger partial charge in [-0.15, -0.1) is 0 Å². The van der Waals surface area contributed by atoms with Crippen molar-refractivity contribution in [3.8, 4) is 5.75 Å². The Kier molecular flexibility index (Phi) is 3.63. The summed E-state index contributed by atoms with van der Waals surface area (Å²) in [7, 11) is -1.10. The fourth-order valence-corrected chi connectivity index (χ4v) is 2.17. The molecular weight excluding hydrogens is 266 g/mol. The minimum atomic E-state index is -1.10. The summed E-state index contributed by atoms with van der Waals surface area (Å²) in [5.41, 5.74) is 1.07. The zero-order valence-electron chi connectivity index (χ0n) is 9.00. The van der Waals surface area contributed by atoms with Crippen molar-refractivity contribution in [2.45, 2.75) is 13.5 Å². The van der Waals surface area contributed by atoms with Crippen LogP contribution in [0.1, 0.15) is 12.5 Å². The molecule has 0 spiro atoms. The molecule has 0 aromatic heterocycles. The Bertz CT molecular complexity index is 478. The number of hydrogen-bond acceptors (Lipinski definition) is 4. The average molecular weight is 275 g/mol. The lowest BCUT2D eigenvalue weighted by molar-refractivity contribution is -0.118. The maximum Gasteiger partial charge on any atom is 0.493 e. The van der Waals surface area contributed by atoms with Gasteiger partial charge in [-0.3, -0.25) is 4.79 Å². The molecule has 1 aromatic rings. The van der Waals surface area contributed by atoms with Crippen LogP contribution in [-0.2, 0) is 16.1 Å². The molecule has 1 aromatic carbocycles. The van der Waals surface area contributed by atoms with E-state index >= 15 is 0 Å². The minimum absolute atomic E-state index is 0.0915. The maximum absolute atomic E-state index is 10.8. The van der Waals surface area contributed by atoms with Gasteiger partial charge in [0.1, 0.15) is 12.4 Å². The van der Waals surface area contributed by atoms with Gasteiger partial charge in [-0.25, -0.2) is 0 Å². The van der Waals surface area contributed by atoms with E-state index in [4.69, 9.17) is 32.6 Å². The number of ketones is 1. The lowest BCUT2D eigenvalue weighted by Crippen LogP contribution is -2.29. The summed E-state index contributed by atoms with van der Waals surface area (Å²) in [5.74, 6) is 0.143. The van der Waals surface area contributed by atoms with E-state index in [1.54, 1.807) is 0 Å². The molecule has 1 aliphatic rings. The SMILES string of the molecule is CC(=O)COc1cc(Cl)c2c(c1Cl)B(O)OC2. The van der Waals surface area contributed by atoms with E-state index in [1.165, 1.54) is 13.0 Å².